The van der Waals surface area contributed by atoms with Crippen molar-refractivity contribution in [2.24, 2.45) is 0 Å². The number of hydrogen-bond donors (Lipinski definition) is 1. The van der Waals surface area contributed by atoms with Crippen molar-refractivity contribution in [3.8, 4) is 27.6 Å². The summed E-state index contributed by atoms with van der Waals surface area (Å²) in [4.78, 5) is 20.8. The molecule has 0 spiro atoms. The van der Waals surface area contributed by atoms with E-state index in [2.05, 4.69) is 15.3 Å². The first-order chi connectivity index (χ1) is 14.2. The number of oxazole rings is 1. The van der Waals surface area contributed by atoms with Crippen molar-refractivity contribution in [3.05, 3.63) is 72.2 Å². The molecule has 2 heterocycles. The molecule has 2 aromatic heterocycles. The topological polar surface area (TPSA) is 77.2 Å². The van der Waals surface area contributed by atoms with E-state index in [1.165, 1.54) is 0 Å². The Morgan fingerprint density at radius 1 is 1.07 bits per heavy atom. The van der Waals surface area contributed by atoms with E-state index < -0.39 is 0 Å². The van der Waals surface area contributed by atoms with Crippen LogP contribution in [-0.4, -0.2) is 23.0 Å². The Labute approximate surface area is 172 Å². The summed E-state index contributed by atoms with van der Waals surface area (Å²) in [6.07, 6.45) is 4.17. The summed E-state index contributed by atoms with van der Waals surface area (Å²) in [6.45, 7) is 0. The summed E-state index contributed by atoms with van der Waals surface area (Å²) in [7, 11) is 1.63. The highest BCUT2D eigenvalue weighted by atomic mass is 32.1. The van der Waals surface area contributed by atoms with Crippen LogP contribution in [0.15, 0.2) is 70.7 Å². The number of aromatic nitrogens is 2. The Morgan fingerprint density at radius 2 is 1.83 bits per heavy atom. The zero-order valence-corrected chi connectivity index (χ0v) is 16.6. The van der Waals surface area contributed by atoms with Gasteiger partial charge in [0, 0.05) is 41.2 Å². The number of methoxy groups -OCH3 is 1. The van der Waals surface area contributed by atoms with Gasteiger partial charge in [0.1, 0.15) is 10.8 Å². The first kappa shape index (κ1) is 18.9. The van der Waals surface area contributed by atoms with Gasteiger partial charge < -0.3 is 14.5 Å². The number of ether oxygens (including phenoxy) is 1. The lowest BCUT2D eigenvalue weighted by atomic mass is 10.2. The molecular formula is C22H19N3O3S. The van der Waals surface area contributed by atoms with E-state index in [0.717, 1.165) is 27.6 Å². The SMILES string of the molecule is COc1ccc(-c2cnc(CCC(=O)Nc3ccc(-c4nccs4)cc3)o2)cc1. The van der Waals surface area contributed by atoms with Crippen LogP contribution in [0.4, 0.5) is 5.69 Å². The maximum Gasteiger partial charge on any atom is 0.224 e. The number of nitrogens with zero attached hydrogens (tertiary/aromatic N) is 2. The van der Waals surface area contributed by atoms with Gasteiger partial charge in [-0.05, 0) is 48.5 Å². The van der Waals surface area contributed by atoms with E-state index in [1.807, 2.05) is 53.9 Å². The van der Waals surface area contributed by atoms with E-state index in [-0.39, 0.29) is 12.3 Å². The summed E-state index contributed by atoms with van der Waals surface area (Å²) < 4.78 is 10.9. The second-order valence-corrected chi connectivity index (χ2v) is 7.20. The zero-order chi connectivity index (χ0) is 20.1. The van der Waals surface area contributed by atoms with E-state index in [4.69, 9.17) is 9.15 Å². The number of rotatable bonds is 7. The highest BCUT2D eigenvalue weighted by Crippen LogP contribution is 2.24. The minimum Gasteiger partial charge on any atom is -0.497 e. The molecule has 0 aliphatic heterocycles. The number of anilines is 1. The van der Waals surface area contributed by atoms with Crippen molar-refractivity contribution in [1.82, 2.24) is 9.97 Å². The minimum atomic E-state index is -0.0869. The third kappa shape index (κ3) is 4.70. The van der Waals surface area contributed by atoms with E-state index in [1.54, 1.807) is 30.8 Å². The van der Waals surface area contributed by atoms with E-state index in [0.29, 0.717) is 18.1 Å². The molecule has 0 bridgehead atoms. The van der Waals surface area contributed by atoms with Gasteiger partial charge in [-0.3, -0.25) is 4.79 Å². The van der Waals surface area contributed by atoms with Crippen molar-refractivity contribution >= 4 is 22.9 Å². The molecule has 1 N–H and O–H groups in total. The molecule has 6 nitrogen and oxygen atoms in total. The van der Waals surface area contributed by atoms with Gasteiger partial charge in [0.2, 0.25) is 5.91 Å². The molecule has 0 atom stereocenters. The fourth-order valence-corrected chi connectivity index (χ4v) is 3.47. The van der Waals surface area contributed by atoms with Crippen LogP contribution in [0.2, 0.25) is 0 Å². The first-order valence-corrected chi connectivity index (χ1v) is 9.98. The molecule has 0 radical (unpaired) electrons. The molecule has 0 saturated carbocycles. The molecule has 29 heavy (non-hydrogen) atoms. The van der Waals surface area contributed by atoms with Crippen LogP contribution in [0.25, 0.3) is 21.9 Å². The predicted molar refractivity (Wildman–Crippen MR) is 113 cm³/mol. The van der Waals surface area contributed by atoms with Crippen molar-refractivity contribution in [2.45, 2.75) is 12.8 Å². The second-order valence-electron chi connectivity index (χ2n) is 6.31. The molecule has 2 aromatic carbocycles. The molecule has 7 heteroatoms. The van der Waals surface area contributed by atoms with Crippen LogP contribution in [0.3, 0.4) is 0 Å². The summed E-state index contributed by atoms with van der Waals surface area (Å²) in [5, 5.41) is 5.79. The number of aryl methyl sites for hydroxylation is 1. The second kappa shape index (κ2) is 8.70. The fraction of sp³-hybridized carbons (Fsp3) is 0.136. The Morgan fingerprint density at radius 3 is 2.52 bits per heavy atom. The maximum absolute atomic E-state index is 12.2. The largest absolute Gasteiger partial charge is 0.497 e. The smallest absolute Gasteiger partial charge is 0.224 e. The predicted octanol–water partition coefficient (Wildman–Crippen LogP) is 5.05. The summed E-state index contributed by atoms with van der Waals surface area (Å²) in [6, 6.07) is 15.2. The number of benzene rings is 2. The molecule has 4 aromatic rings. The molecule has 0 aliphatic rings. The van der Waals surface area contributed by atoms with Crippen molar-refractivity contribution in [1.29, 1.82) is 0 Å². The monoisotopic (exact) mass is 405 g/mol. The van der Waals surface area contributed by atoms with Crippen LogP contribution in [0, 0.1) is 0 Å². The van der Waals surface area contributed by atoms with Crippen molar-refractivity contribution in [3.63, 3.8) is 0 Å². The molecule has 1 amide bonds. The highest BCUT2D eigenvalue weighted by molar-refractivity contribution is 7.13. The number of nitrogens with one attached hydrogen (secondary N) is 1. The average molecular weight is 405 g/mol. The highest BCUT2D eigenvalue weighted by Gasteiger charge is 2.10. The number of carbonyl (C=O) groups is 1. The van der Waals surface area contributed by atoms with Gasteiger partial charge in [0.25, 0.3) is 0 Å². The van der Waals surface area contributed by atoms with E-state index in [9.17, 15) is 4.79 Å². The number of amides is 1. The van der Waals surface area contributed by atoms with Crippen LogP contribution < -0.4 is 10.1 Å². The van der Waals surface area contributed by atoms with Crippen LogP contribution >= 0.6 is 11.3 Å². The summed E-state index contributed by atoms with van der Waals surface area (Å²) >= 11 is 1.58. The number of thiazole rings is 1. The van der Waals surface area contributed by atoms with Gasteiger partial charge >= 0.3 is 0 Å². The average Bonchev–Trinajstić information content (AvgIpc) is 3.45. The van der Waals surface area contributed by atoms with Gasteiger partial charge in [-0.2, -0.15) is 0 Å². The van der Waals surface area contributed by atoms with Crippen molar-refractivity contribution < 1.29 is 13.9 Å². The summed E-state index contributed by atoms with van der Waals surface area (Å²) in [5.74, 6) is 1.90. The molecule has 0 saturated heterocycles. The van der Waals surface area contributed by atoms with Gasteiger partial charge in [0.05, 0.1) is 13.3 Å². The first-order valence-electron chi connectivity index (χ1n) is 9.10. The third-order valence-electron chi connectivity index (χ3n) is 4.34. The normalized spacial score (nSPS) is 10.7. The molecule has 0 fully saturated rings. The standard InChI is InChI=1S/C22H19N3O3S/c1-27-18-8-4-15(5-9-18)19-14-24-21(28-19)11-10-20(26)25-17-6-2-16(3-7-17)22-23-12-13-29-22/h2-9,12-14H,10-11H2,1H3,(H,25,26). The molecule has 0 unspecified atom stereocenters. The molecule has 0 aliphatic carbocycles. The van der Waals surface area contributed by atoms with Gasteiger partial charge in [-0.1, -0.05) is 0 Å². The Kier molecular flexibility index (Phi) is 5.67. The molecular weight excluding hydrogens is 386 g/mol. The minimum absolute atomic E-state index is 0.0869. The van der Waals surface area contributed by atoms with Crippen LogP contribution in [0.1, 0.15) is 12.3 Å². The number of hydrogen-bond acceptors (Lipinski definition) is 6. The Hall–Kier alpha value is -3.45. The maximum atomic E-state index is 12.2. The fourth-order valence-electron chi connectivity index (χ4n) is 2.82. The Balaban J connectivity index is 1.31. The van der Waals surface area contributed by atoms with Gasteiger partial charge in [0.15, 0.2) is 11.7 Å². The van der Waals surface area contributed by atoms with Crippen LogP contribution in [-0.2, 0) is 11.2 Å². The lowest BCUT2D eigenvalue weighted by molar-refractivity contribution is -0.116. The Bertz CT molecular complexity index is 1070. The van der Waals surface area contributed by atoms with Gasteiger partial charge in [-0.25, -0.2) is 9.97 Å². The lowest BCUT2D eigenvalue weighted by Crippen LogP contribution is -2.12. The zero-order valence-electron chi connectivity index (χ0n) is 15.8. The quantitative estimate of drug-likeness (QED) is 0.466. The third-order valence-corrected chi connectivity index (χ3v) is 5.16. The summed E-state index contributed by atoms with van der Waals surface area (Å²) in [5.41, 5.74) is 2.69. The molecule has 4 rings (SSSR count). The number of carbonyl (C=O) groups excluding carboxylic acids is 1. The lowest BCUT2D eigenvalue weighted by Gasteiger charge is -2.05. The molecule has 146 valence electrons. The van der Waals surface area contributed by atoms with Gasteiger partial charge in [-0.15, -0.1) is 11.3 Å². The van der Waals surface area contributed by atoms with E-state index >= 15 is 0 Å². The van der Waals surface area contributed by atoms with Crippen LogP contribution in [0.5, 0.6) is 5.75 Å². The van der Waals surface area contributed by atoms with Crippen molar-refractivity contribution in [2.75, 3.05) is 12.4 Å².